The predicted molar refractivity (Wildman–Crippen MR) is 126 cm³/mol. The number of benzene rings is 2. The fourth-order valence-corrected chi connectivity index (χ4v) is 6.72. The van der Waals surface area contributed by atoms with Crippen molar-refractivity contribution in [3.05, 3.63) is 60.8 Å². The summed E-state index contributed by atoms with van der Waals surface area (Å²) in [6.07, 6.45) is 0.228. The molecule has 0 aliphatic rings. The van der Waals surface area contributed by atoms with Gasteiger partial charge in [0.15, 0.2) is 12.0 Å². The van der Waals surface area contributed by atoms with Gasteiger partial charge in [-0.05, 0) is 36.4 Å². The molecule has 0 bridgehead atoms. The van der Waals surface area contributed by atoms with Crippen molar-refractivity contribution in [1.82, 2.24) is 14.8 Å². The summed E-state index contributed by atoms with van der Waals surface area (Å²) in [5, 5.41) is 6.75. The molecule has 1 atom stereocenters. The fourth-order valence-electron chi connectivity index (χ4n) is 3.53. The van der Waals surface area contributed by atoms with E-state index in [0.717, 1.165) is 46.0 Å². The van der Waals surface area contributed by atoms with Crippen LogP contribution in [0, 0.1) is 0 Å². The van der Waals surface area contributed by atoms with Crippen molar-refractivity contribution in [3.63, 3.8) is 0 Å². The van der Waals surface area contributed by atoms with E-state index in [4.69, 9.17) is 21.4 Å². The van der Waals surface area contributed by atoms with Crippen LogP contribution in [0.3, 0.4) is 0 Å². The molecule has 2 aromatic carbocycles. The van der Waals surface area contributed by atoms with Crippen molar-refractivity contribution in [2.24, 2.45) is 0 Å². The third-order valence-corrected chi connectivity index (χ3v) is 10.7. The Bertz CT molecular complexity index is 1220. The number of fused-ring (bicyclic) bond motifs is 2. The van der Waals surface area contributed by atoms with Crippen LogP contribution in [0.1, 0.15) is 34.1 Å². The molecule has 0 unspecified atom stereocenters. The third kappa shape index (κ3) is 3.47. The molecule has 150 valence electrons. The number of aromatic nitrogens is 3. The van der Waals surface area contributed by atoms with Gasteiger partial charge in [-0.1, -0.05) is 64.1 Å². The molecular weight excluding hydrogens is 397 g/mol. The fraction of sp³-hybridized carbons (Fsp3) is 0.304. The molecule has 0 saturated heterocycles. The highest BCUT2D eigenvalue weighted by molar-refractivity contribution is 8.16. The zero-order valence-electron chi connectivity index (χ0n) is 17.3. The summed E-state index contributed by atoms with van der Waals surface area (Å²) >= 11 is 6.43. The van der Waals surface area contributed by atoms with Gasteiger partial charge < -0.3 is 4.52 Å². The Morgan fingerprint density at radius 1 is 1.03 bits per heavy atom. The average molecular weight is 424 g/mol. The lowest BCUT2D eigenvalue weighted by molar-refractivity contribution is 0.571. The van der Waals surface area contributed by atoms with Gasteiger partial charge in [0.25, 0.3) is 0 Å². The quantitative estimate of drug-likeness (QED) is 0.375. The van der Waals surface area contributed by atoms with E-state index in [1.165, 1.54) is 0 Å². The monoisotopic (exact) mass is 423 g/mol. The van der Waals surface area contributed by atoms with E-state index >= 15 is 0 Å². The highest BCUT2D eigenvalue weighted by atomic mass is 32.4. The molecule has 0 fully saturated rings. The highest BCUT2D eigenvalue weighted by Crippen LogP contribution is 2.59. The molecule has 4 rings (SSSR count). The van der Waals surface area contributed by atoms with Crippen LogP contribution in [0.15, 0.2) is 60.8 Å². The Kier molecular flexibility index (Phi) is 5.22. The molecule has 0 aliphatic carbocycles. The van der Waals surface area contributed by atoms with Crippen LogP contribution in [0.25, 0.3) is 21.8 Å². The SMILES string of the molecule is CCCn1nc2ccccc2c1[P@](=S)(Oc1cccc2cccnc12)C(C)(C)C. The molecule has 0 N–H and O–H groups in total. The van der Waals surface area contributed by atoms with Crippen LogP contribution in [0.4, 0.5) is 0 Å². The van der Waals surface area contributed by atoms with E-state index < -0.39 is 6.26 Å². The van der Waals surface area contributed by atoms with Crippen molar-refractivity contribution >= 4 is 45.3 Å². The number of nitrogens with zero attached hydrogens (tertiary/aromatic N) is 3. The van der Waals surface area contributed by atoms with Crippen molar-refractivity contribution in [3.8, 4) is 5.75 Å². The summed E-state index contributed by atoms with van der Waals surface area (Å²) in [6, 6.07) is 18.2. The van der Waals surface area contributed by atoms with Gasteiger partial charge in [-0.25, -0.2) is 0 Å². The first-order chi connectivity index (χ1) is 13.8. The molecule has 2 aromatic heterocycles. The van der Waals surface area contributed by atoms with Crippen molar-refractivity contribution in [1.29, 1.82) is 0 Å². The second-order valence-electron chi connectivity index (χ2n) is 8.21. The summed E-state index contributed by atoms with van der Waals surface area (Å²) in [5.74, 6) is 0.745. The maximum Gasteiger partial charge on any atom is 0.166 e. The van der Waals surface area contributed by atoms with Crippen LogP contribution in [0.5, 0.6) is 5.75 Å². The van der Waals surface area contributed by atoms with Gasteiger partial charge in [-0.15, -0.1) is 0 Å². The number of aryl methyl sites for hydroxylation is 1. The van der Waals surface area contributed by atoms with Crippen molar-refractivity contribution in [2.45, 2.75) is 45.8 Å². The molecule has 0 radical (unpaired) electrons. The second kappa shape index (κ2) is 7.55. The molecule has 0 saturated carbocycles. The molecule has 2 heterocycles. The molecule has 0 aliphatic heterocycles. The lowest BCUT2D eigenvalue weighted by atomic mass is 10.2. The topological polar surface area (TPSA) is 39.9 Å². The van der Waals surface area contributed by atoms with Crippen molar-refractivity contribution in [2.75, 3.05) is 0 Å². The minimum absolute atomic E-state index is 0.256. The number of pyridine rings is 1. The third-order valence-electron chi connectivity index (χ3n) is 5.04. The maximum atomic E-state index is 6.82. The van der Waals surface area contributed by atoms with Gasteiger partial charge in [-0.3, -0.25) is 9.67 Å². The van der Waals surface area contributed by atoms with E-state index in [1.807, 2.05) is 48.5 Å². The number of para-hydroxylation sites is 1. The Morgan fingerprint density at radius 2 is 1.79 bits per heavy atom. The number of rotatable bonds is 5. The van der Waals surface area contributed by atoms with E-state index in [0.29, 0.717) is 0 Å². The highest BCUT2D eigenvalue weighted by Gasteiger charge is 2.41. The molecule has 0 spiro atoms. The number of hydrogen-bond donors (Lipinski definition) is 0. The Hall–Kier alpha value is -2.23. The van der Waals surface area contributed by atoms with Crippen LogP contribution in [-0.2, 0) is 18.4 Å². The molecule has 4 nitrogen and oxygen atoms in total. The molecular formula is C23H26N3OPS. The van der Waals surface area contributed by atoms with Gasteiger partial charge in [-0.2, -0.15) is 5.10 Å². The van der Waals surface area contributed by atoms with Crippen LogP contribution < -0.4 is 9.96 Å². The minimum atomic E-state index is -2.55. The van der Waals surface area contributed by atoms with E-state index in [2.05, 4.69) is 43.4 Å². The molecule has 0 amide bonds. The second-order valence-corrected chi connectivity index (χ2v) is 12.8. The predicted octanol–water partition coefficient (Wildman–Crippen LogP) is 5.89. The lowest BCUT2D eigenvalue weighted by Crippen LogP contribution is -2.32. The Labute approximate surface area is 177 Å². The van der Waals surface area contributed by atoms with E-state index in [9.17, 15) is 0 Å². The Balaban J connectivity index is 1.97. The maximum absolute atomic E-state index is 6.82. The average Bonchev–Trinajstić information content (AvgIpc) is 3.06. The standard InChI is InChI=1S/C23H26N3OPS/c1-5-16-26-22(18-12-6-7-13-19(18)25-26)28(29,23(2,3)4)27-20-14-8-10-17-11-9-15-24-21(17)20/h6-15H,5,16H2,1-4H3/t28-/m1/s1. The summed E-state index contributed by atoms with van der Waals surface area (Å²) in [7, 11) is 0. The Morgan fingerprint density at radius 3 is 2.55 bits per heavy atom. The van der Waals surface area contributed by atoms with Gasteiger partial charge in [0, 0.05) is 28.7 Å². The lowest BCUT2D eigenvalue weighted by Gasteiger charge is -2.35. The zero-order chi connectivity index (χ0) is 20.6. The minimum Gasteiger partial charge on any atom is -0.458 e. The van der Waals surface area contributed by atoms with Gasteiger partial charge in [0.05, 0.1) is 5.52 Å². The summed E-state index contributed by atoms with van der Waals surface area (Å²) in [6.45, 7) is 9.49. The first-order valence-corrected chi connectivity index (χ1v) is 12.7. The molecule has 6 heteroatoms. The van der Waals surface area contributed by atoms with Crippen LogP contribution in [0.2, 0.25) is 0 Å². The van der Waals surface area contributed by atoms with Crippen molar-refractivity contribution < 1.29 is 4.52 Å². The normalized spacial score (nSPS) is 14.2. The van der Waals surface area contributed by atoms with Gasteiger partial charge in [0.2, 0.25) is 0 Å². The van der Waals surface area contributed by atoms with E-state index in [1.54, 1.807) is 6.20 Å². The molecule has 4 aromatic rings. The summed E-state index contributed by atoms with van der Waals surface area (Å²) in [4.78, 5) is 4.57. The smallest absolute Gasteiger partial charge is 0.166 e. The summed E-state index contributed by atoms with van der Waals surface area (Å²) < 4.78 is 8.90. The largest absolute Gasteiger partial charge is 0.458 e. The number of hydrogen-bond acceptors (Lipinski definition) is 4. The first-order valence-electron chi connectivity index (χ1n) is 9.95. The van der Waals surface area contributed by atoms with Crippen LogP contribution in [-0.4, -0.2) is 19.9 Å². The first kappa shape index (κ1) is 20.1. The van der Waals surface area contributed by atoms with Crippen LogP contribution >= 0.6 is 6.26 Å². The molecule has 29 heavy (non-hydrogen) atoms. The van der Waals surface area contributed by atoms with Gasteiger partial charge in [0.1, 0.15) is 11.0 Å². The van der Waals surface area contributed by atoms with Gasteiger partial charge >= 0.3 is 0 Å². The van der Waals surface area contributed by atoms with E-state index in [-0.39, 0.29) is 5.16 Å². The summed E-state index contributed by atoms with van der Waals surface area (Å²) in [5.41, 5.74) is 2.86. The zero-order valence-corrected chi connectivity index (χ0v) is 19.0.